The molecule has 0 aliphatic heterocycles. The second-order valence-corrected chi connectivity index (χ2v) is 20.8. The molecule has 69 heavy (non-hydrogen) atoms. The number of hydrogen-bond donors (Lipinski definition) is 6. The quantitative estimate of drug-likeness (QED) is 0.0146. The normalized spacial score (nSPS) is 21.3. The molecule has 404 valence electrons. The fourth-order valence-electron chi connectivity index (χ4n) is 8.58. The van der Waals surface area contributed by atoms with Gasteiger partial charge in [0, 0.05) is 13.0 Å². The predicted molar refractivity (Wildman–Crippen MR) is 281 cm³/mol. The van der Waals surface area contributed by atoms with Gasteiger partial charge in [-0.2, -0.15) is 0 Å². The first kappa shape index (κ1) is 65.3. The van der Waals surface area contributed by atoms with E-state index in [1.165, 1.54) is 141 Å². The van der Waals surface area contributed by atoms with Crippen LogP contribution in [0.5, 0.6) is 0 Å². The molecule has 0 radical (unpaired) electrons. The number of unbranched alkanes of at least 4 members (excludes halogenated alkanes) is 28. The van der Waals surface area contributed by atoms with E-state index in [1.807, 2.05) is 0 Å². The van der Waals surface area contributed by atoms with Crippen LogP contribution in [-0.4, -0.2) is 98.9 Å². The number of phosphoric ester groups is 1. The molecule has 0 aromatic heterocycles. The summed E-state index contributed by atoms with van der Waals surface area (Å²) in [6.07, 6.45) is 46.0. The number of aliphatic hydroxyl groups is 5. The molecule has 1 aliphatic carbocycles. The molecule has 0 heterocycles. The van der Waals surface area contributed by atoms with Gasteiger partial charge in [0.25, 0.3) is 0 Å². The van der Waals surface area contributed by atoms with Crippen LogP contribution in [0.15, 0.2) is 48.6 Å². The molecule has 0 spiro atoms. The number of carbonyl (C=O) groups is 1. The lowest BCUT2D eigenvalue weighted by molar-refractivity contribution is -0.220. The van der Waals surface area contributed by atoms with Gasteiger partial charge in [0.1, 0.15) is 42.7 Å². The van der Waals surface area contributed by atoms with Gasteiger partial charge in [0.2, 0.25) is 0 Å². The molecular formula is C56H103O12P. The number of aliphatic hydroxyl groups excluding tert-OH is 5. The van der Waals surface area contributed by atoms with Crippen molar-refractivity contribution < 1.29 is 58.3 Å². The molecule has 1 rings (SSSR count). The number of carbonyl (C=O) groups excluding carboxylic acids is 1. The molecule has 13 heteroatoms. The number of phosphoric acid groups is 1. The maximum atomic E-state index is 12.9. The molecule has 1 fully saturated rings. The van der Waals surface area contributed by atoms with Crippen LogP contribution < -0.4 is 0 Å². The van der Waals surface area contributed by atoms with Crippen molar-refractivity contribution in [3.63, 3.8) is 0 Å². The van der Waals surface area contributed by atoms with Gasteiger partial charge in [-0.05, 0) is 51.4 Å². The fourth-order valence-corrected chi connectivity index (χ4v) is 9.56. The molecule has 0 aromatic rings. The Morgan fingerprint density at radius 3 is 1.30 bits per heavy atom. The summed E-state index contributed by atoms with van der Waals surface area (Å²) < 4.78 is 34.4. The Morgan fingerprint density at radius 2 is 0.855 bits per heavy atom. The first-order chi connectivity index (χ1) is 33.5. The minimum absolute atomic E-state index is 0.0768. The zero-order chi connectivity index (χ0) is 50.5. The van der Waals surface area contributed by atoms with Crippen LogP contribution in [0.2, 0.25) is 0 Å². The van der Waals surface area contributed by atoms with E-state index in [-0.39, 0.29) is 13.0 Å². The average Bonchev–Trinajstić information content (AvgIpc) is 3.34. The average molecular weight is 999 g/mol. The molecule has 6 atom stereocenters. The third kappa shape index (κ3) is 37.7. The van der Waals surface area contributed by atoms with Crippen LogP contribution in [0.3, 0.4) is 0 Å². The van der Waals surface area contributed by atoms with Crippen LogP contribution >= 0.6 is 7.82 Å². The molecule has 0 saturated heterocycles. The van der Waals surface area contributed by atoms with Crippen molar-refractivity contribution in [2.45, 2.75) is 281 Å². The van der Waals surface area contributed by atoms with Crippen molar-refractivity contribution in [1.29, 1.82) is 0 Å². The highest BCUT2D eigenvalue weighted by atomic mass is 31.2. The fraction of sp³-hybridized carbons (Fsp3) is 0.839. The van der Waals surface area contributed by atoms with Crippen molar-refractivity contribution in [2.24, 2.45) is 0 Å². The van der Waals surface area contributed by atoms with E-state index in [9.17, 15) is 39.8 Å². The highest BCUT2D eigenvalue weighted by Crippen LogP contribution is 2.47. The minimum Gasteiger partial charge on any atom is -0.457 e. The molecule has 12 nitrogen and oxygen atoms in total. The first-order valence-corrected chi connectivity index (χ1v) is 29.5. The Labute approximate surface area is 420 Å². The third-order valence-electron chi connectivity index (χ3n) is 13.0. The van der Waals surface area contributed by atoms with E-state index in [1.54, 1.807) is 0 Å². The number of ether oxygens (including phenoxy) is 2. The van der Waals surface area contributed by atoms with Gasteiger partial charge < -0.3 is 39.9 Å². The first-order valence-electron chi connectivity index (χ1n) is 28.0. The van der Waals surface area contributed by atoms with Gasteiger partial charge in [-0.15, -0.1) is 0 Å². The maximum Gasteiger partial charge on any atom is 0.472 e. The van der Waals surface area contributed by atoms with Crippen LogP contribution in [0.1, 0.15) is 239 Å². The monoisotopic (exact) mass is 999 g/mol. The summed E-state index contributed by atoms with van der Waals surface area (Å²) in [6, 6.07) is 0. The van der Waals surface area contributed by atoms with E-state index in [2.05, 4.69) is 62.5 Å². The van der Waals surface area contributed by atoms with Gasteiger partial charge in [0.15, 0.2) is 0 Å². The molecule has 0 amide bonds. The van der Waals surface area contributed by atoms with E-state index < -0.39 is 63.1 Å². The van der Waals surface area contributed by atoms with E-state index in [0.29, 0.717) is 13.0 Å². The molecule has 0 aromatic carbocycles. The van der Waals surface area contributed by atoms with E-state index >= 15 is 0 Å². The minimum atomic E-state index is -5.03. The Bertz CT molecular complexity index is 1320. The predicted octanol–water partition coefficient (Wildman–Crippen LogP) is 13.2. The molecule has 6 unspecified atom stereocenters. The van der Waals surface area contributed by atoms with Crippen molar-refractivity contribution in [3.8, 4) is 0 Å². The summed E-state index contributed by atoms with van der Waals surface area (Å²) in [5.74, 6) is -0.474. The SMILES string of the molecule is CC/C=C\C/C=C\C/C=C\C/C=C\CCCCCCCCCCCCCOCC(COP(=O)(O)OC1C(O)C(O)C(O)C(O)C1O)OC(=O)CCCCCCCCCCCCCCCCCCCC. The summed E-state index contributed by atoms with van der Waals surface area (Å²) in [7, 11) is -5.03. The zero-order valence-electron chi connectivity index (χ0n) is 43.6. The number of rotatable bonds is 48. The second kappa shape index (κ2) is 46.1. The third-order valence-corrected chi connectivity index (χ3v) is 14.0. The van der Waals surface area contributed by atoms with Crippen molar-refractivity contribution >= 4 is 13.8 Å². The molecule has 6 N–H and O–H groups in total. The lowest BCUT2D eigenvalue weighted by Gasteiger charge is -2.41. The van der Waals surface area contributed by atoms with Gasteiger partial charge in [0.05, 0.1) is 13.2 Å². The summed E-state index contributed by atoms with van der Waals surface area (Å²) in [6.45, 7) is 4.18. The molecule has 1 aliphatic rings. The van der Waals surface area contributed by atoms with E-state index in [4.69, 9.17) is 18.5 Å². The lowest BCUT2D eigenvalue weighted by Crippen LogP contribution is -2.64. The van der Waals surface area contributed by atoms with E-state index in [0.717, 1.165) is 70.6 Å². The van der Waals surface area contributed by atoms with Gasteiger partial charge in [-0.3, -0.25) is 13.8 Å². The lowest BCUT2D eigenvalue weighted by atomic mass is 9.85. The van der Waals surface area contributed by atoms with Gasteiger partial charge >= 0.3 is 13.8 Å². The molecular weight excluding hydrogens is 896 g/mol. The van der Waals surface area contributed by atoms with Crippen LogP contribution in [0.25, 0.3) is 0 Å². The highest BCUT2D eigenvalue weighted by Gasteiger charge is 2.51. The summed E-state index contributed by atoms with van der Waals surface area (Å²) in [5, 5.41) is 50.4. The summed E-state index contributed by atoms with van der Waals surface area (Å²) in [4.78, 5) is 23.3. The van der Waals surface area contributed by atoms with Crippen molar-refractivity contribution in [2.75, 3.05) is 19.8 Å². The highest BCUT2D eigenvalue weighted by molar-refractivity contribution is 7.47. The zero-order valence-corrected chi connectivity index (χ0v) is 44.5. The smallest absolute Gasteiger partial charge is 0.457 e. The number of esters is 1. The number of allylic oxidation sites excluding steroid dienone is 8. The van der Waals surface area contributed by atoms with Crippen LogP contribution in [0, 0.1) is 0 Å². The van der Waals surface area contributed by atoms with Gasteiger partial charge in [-0.25, -0.2) is 4.57 Å². The summed E-state index contributed by atoms with van der Waals surface area (Å²) in [5.41, 5.74) is 0. The summed E-state index contributed by atoms with van der Waals surface area (Å²) >= 11 is 0. The van der Waals surface area contributed by atoms with Gasteiger partial charge in [-0.1, -0.05) is 229 Å². The Hall–Kier alpha value is -1.70. The second-order valence-electron chi connectivity index (χ2n) is 19.4. The standard InChI is InChI=1S/C56H103O12P/c1-3-5-7-9-11-13-15-17-19-21-23-24-25-26-27-28-30-32-34-36-38-40-42-44-46-65-47-49(48-66-69(63,64)68-56-54(61)52(59)51(58)53(60)55(56)62)67-50(57)45-43-41-39-37-35-33-31-29-22-20-18-16-14-12-10-8-6-4-2/h5,7,11,13,17,19,23-24,49,51-56,58-62H,3-4,6,8-10,12,14-16,18,20-22,25-48H2,1-2H3,(H,63,64)/b7-5-,13-11-,19-17-,24-23-. The Morgan fingerprint density at radius 1 is 0.478 bits per heavy atom. The number of hydrogen-bond acceptors (Lipinski definition) is 11. The van der Waals surface area contributed by atoms with Crippen molar-refractivity contribution in [3.05, 3.63) is 48.6 Å². The van der Waals surface area contributed by atoms with Crippen LogP contribution in [0.4, 0.5) is 0 Å². The molecule has 1 saturated carbocycles. The topological polar surface area (TPSA) is 192 Å². The molecule has 0 bridgehead atoms. The maximum absolute atomic E-state index is 12.9. The van der Waals surface area contributed by atoms with Crippen LogP contribution in [-0.2, 0) is 27.9 Å². The van der Waals surface area contributed by atoms with Crippen molar-refractivity contribution in [1.82, 2.24) is 0 Å². The Kier molecular flexibility index (Phi) is 43.6. The Balaban J connectivity index is 2.29. The largest absolute Gasteiger partial charge is 0.472 e.